The number of carbonyl (C=O) groups is 1. The zero-order valence-electron chi connectivity index (χ0n) is 13.6. The molecule has 1 amide bonds. The molecule has 2 aromatic rings. The predicted octanol–water partition coefficient (Wildman–Crippen LogP) is 1.84. The molecule has 23 heavy (non-hydrogen) atoms. The minimum atomic E-state index is 0.239. The van der Waals surface area contributed by atoms with Gasteiger partial charge in [0.25, 0.3) is 0 Å². The van der Waals surface area contributed by atoms with Gasteiger partial charge < -0.3 is 10.2 Å². The van der Waals surface area contributed by atoms with Crippen LogP contribution in [0.1, 0.15) is 24.5 Å². The highest BCUT2D eigenvalue weighted by molar-refractivity contribution is 5.79. The first-order valence-corrected chi connectivity index (χ1v) is 8.31. The molecule has 1 aliphatic rings. The van der Waals surface area contributed by atoms with Gasteiger partial charge in [-0.1, -0.05) is 30.3 Å². The molecular weight excluding hydrogens is 288 g/mol. The van der Waals surface area contributed by atoms with Crippen molar-refractivity contribution in [2.24, 2.45) is 0 Å². The molecule has 0 bridgehead atoms. The largest absolute Gasteiger partial charge is 0.341 e. The lowest BCUT2D eigenvalue weighted by Crippen LogP contribution is -2.33. The third-order valence-corrected chi connectivity index (χ3v) is 4.33. The van der Waals surface area contributed by atoms with Crippen LogP contribution in [-0.4, -0.2) is 39.7 Å². The second-order valence-corrected chi connectivity index (χ2v) is 6.06. The van der Waals surface area contributed by atoms with E-state index in [0.29, 0.717) is 6.42 Å². The Morgan fingerprint density at radius 3 is 2.83 bits per heavy atom. The van der Waals surface area contributed by atoms with Gasteiger partial charge in [0.15, 0.2) is 0 Å². The van der Waals surface area contributed by atoms with E-state index in [1.807, 2.05) is 34.0 Å². The van der Waals surface area contributed by atoms with Crippen LogP contribution in [0.5, 0.6) is 0 Å². The summed E-state index contributed by atoms with van der Waals surface area (Å²) in [7, 11) is 0. The average Bonchev–Trinajstić information content (AvgIpc) is 3.18. The molecule has 0 radical (unpaired) electrons. The Morgan fingerprint density at radius 2 is 2.09 bits per heavy atom. The van der Waals surface area contributed by atoms with Gasteiger partial charge in [0.2, 0.25) is 5.91 Å². The first-order chi connectivity index (χ1) is 11.2. The smallest absolute Gasteiger partial charge is 0.224 e. The van der Waals surface area contributed by atoms with Crippen LogP contribution in [0.2, 0.25) is 0 Å². The van der Waals surface area contributed by atoms with Crippen molar-refractivity contribution in [2.75, 3.05) is 13.1 Å². The number of benzene rings is 1. The Bertz CT molecular complexity index is 637. The van der Waals surface area contributed by atoms with Gasteiger partial charge in [-0.2, -0.15) is 5.10 Å². The van der Waals surface area contributed by atoms with E-state index in [4.69, 9.17) is 0 Å². The third kappa shape index (κ3) is 4.20. The lowest BCUT2D eigenvalue weighted by molar-refractivity contribution is -0.127. The predicted molar refractivity (Wildman–Crippen MR) is 89.9 cm³/mol. The molecule has 0 unspecified atom stereocenters. The van der Waals surface area contributed by atoms with E-state index in [0.717, 1.165) is 32.6 Å². The van der Waals surface area contributed by atoms with Gasteiger partial charge >= 0.3 is 0 Å². The zero-order valence-corrected chi connectivity index (χ0v) is 13.6. The van der Waals surface area contributed by atoms with E-state index >= 15 is 0 Å². The second-order valence-electron chi connectivity index (χ2n) is 6.06. The number of aryl methyl sites for hydroxylation is 1. The van der Waals surface area contributed by atoms with Gasteiger partial charge in [-0.15, -0.1) is 0 Å². The minimum absolute atomic E-state index is 0.239. The first-order valence-electron chi connectivity index (χ1n) is 8.31. The number of hydrogen-bond acceptors (Lipinski definition) is 3. The normalized spacial score (nSPS) is 17.9. The maximum atomic E-state index is 12.1. The Balaban J connectivity index is 1.45. The molecule has 0 spiro atoms. The van der Waals surface area contributed by atoms with Gasteiger partial charge in [-0.05, 0) is 18.9 Å². The quantitative estimate of drug-likeness (QED) is 0.849. The highest BCUT2D eigenvalue weighted by atomic mass is 16.2. The number of rotatable bonds is 7. The van der Waals surface area contributed by atoms with Gasteiger partial charge in [-0.25, -0.2) is 0 Å². The molecule has 1 N–H and O–H groups in total. The number of carbonyl (C=O) groups excluding carboxylic acids is 1. The Hall–Kier alpha value is -2.14. The van der Waals surface area contributed by atoms with E-state index in [2.05, 4.69) is 35.7 Å². The van der Waals surface area contributed by atoms with Gasteiger partial charge in [-0.3, -0.25) is 9.48 Å². The topological polar surface area (TPSA) is 50.2 Å². The summed E-state index contributed by atoms with van der Waals surface area (Å²) in [4.78, 5) is 14.1. The number of amides is 1. The van der Waals surface area contributed by atoms with E-state index in [9.17, 15) is 4.79 Å². The summed E-state index contributed by atoms with van der Waals surface area (Å²) in [6.45, 7) is 5.33. The van der Waals surface area contributed by atoms with Crippen molar-refractivity contribution in [3.8, 4) is 0 Å². The number of hydrogen-bond donors (Lipinski definition) is 1. The van der Waals surface area contributed by atoms with Crippen LogP contribution in [0.4, 0.5) is 0 Å². The van der Waals surface area contributed by atoms with Gasteiger partial charge in [0, 0.05) is 50.4 Å². The second kappa shape index (κ2) is 7.42. The van der Waals surface area contributed by atoms with Crippen molar-refractivity contribution < 1.29 is 4.79 Å². The number of likely N-dealkylation sites (tertiary alicyclic amines) is 1. The molecule has 1 aromatic heterocycles. The van der Waals surface area contributed by atoms with Crippen molar-refractivity contribution in [2.45, 2.75) is 38.9 Å². The molecule has 0 saturated carbocycles. The number of nitrogens with one attached hydrogen (secondary N) is 1. The van der Waals surface area contributed by atoms with E-state index in [1.54, 1.807) is 0 Å². The zero-order chi connectivity index (χ0) is 16.1. The highest BCUT2D eigenvalue weighted by Gasteiger charge is 2.28. The molecule has 0 aliphatic carbocycles. The molecule has 1 saturated heterocycles. The summed E-state index contributed by atoms with van der Waals surface area (Å²) in [5.41, 5.74) is 2.45. The molecular formula is C18H24N4O. The molecule has 1 fully saturated rings. The number of aromatic nitrogens is 2. The lowest BCUT2D eigenvalue weighted by Gasteiger charge is -2.17. The summed E-state index contributed by atoms with van der Waals surface area (Å²) < 4.78 is 1.92. The van der Waals surface area contributed by atoms with Crippen LogP contribution >= 0.6 is 0 Å². The van der Waals surface area contributed by atoms with E-state index in [1.165, 1.54) is 11.1 Å². The highest BCUT2D eigenvalue weighted by Crippen LogP contribution is 2.13. The Kier molecular flexibility index (Phi) is 5.08. The molecule has 122 valence electrons. The Labute approximate surface area is 137 Å². The lowest BCUT2D eigenvalue weighted by atomic mass is 10.1. The van der Waals surface area contributed by atoms with E-state index in [-0.39, 0.29) is 11.9 Å². The molecule has 3 rings (SSSR count). The fourth-order valence-corrected chi connectivity index (χ4v) is 2.97. The summed E-state index contributed by atoms with van der Waals surface area (Å²) in [6, 6.07) is 10.6. The first kappa shape index (κ1) is 15.7. The minimum Gasteiger partial charge on any atom is -0.341 e. The summed E-state index contributed by atoms with van der Waals surface area (Å²) in [5, 5.41) is 7.75. The van der Waals surface area contributed by atoms with Crippen LogP contribution < -0.4 is 5.32 Å². The standard InChI is InChI=1S/C18H24N4O/c1-2-22-13-16(12-20-22)11-19-17-10-18(23)21(14-17)9-8-15-6-4-3-5-7-15/h3-7,12-13,17,19H,2,8-11,14H2,1H3/t17-/m0/s1. The van der Waals surface area contributed by atoms with Crippen molar-refractivity contribution in [1.29, 1.82) is 0 Å². The summed E-state index contributed by atoms with van der Waals surface area (Å²) >= 11 is 0. The molecule has 1 atom stereocenters. The van der Waals surface area contributed by atoms with Crippen LogP contribution in [0, 0.1) is 0 Å². The van der Waals surface area contributed by atoms with E-state index < -0.39 is 0 Å². The molecule has 5 nitrogen and oxygen atoms in total. The van der Waals surface area contributed by atoms with Crippen molar-refractivity contribution in [3.63, 3.8) is 0 Å². The monoisotopic (exact) mass is 312 g/mol. The summed E-state index contributed by atoms with van der Waals surface area (Å²) in [5.74, 6) is 0.252. The van der Waals surface area contributed by atoms with Crippen molar-refractivity contribution in [1.82, 2.24) is 20.0 Å². The SMILES string of the molecule is CCn1cc(CN[C@H]2CC(=O)N(CCc3ccccc3)C2)cn1. The maximum Gasteiger partial charge on any atom is 0.224 e. The molecule has 5 heteroatoms. The third-order valence-electron chi connectivity index (χ3n) is 4.33. The molecule has 1 aromatic carbocycles. The van der Waals surface area contributed by atoms with Crippen LogP contribution in [-0.2, 0) is 24.3 Å². The Morgan fingerprint density at radius 1 is 1.26 bits per heavy atom. The summed E-state index contributed by atoms with van der Waals surface area (Å²) in [6.07, 6.45) is 5.46. The van der Waals surface area contributed by atoms with Crippen molar-refractivity contribution >= 4 is 5.91 Å². The number of nitrogens with zero attached hydrogens (tertiary/aromatic N) is 3. The van der Waals surface area contributed by atoms with Crippen LogP contribution in [0.15, 0.2) is 42.7 Å². The fraction of sp³-hybridized carbons (Fsp3) is 0.444. The van der Waals surface area contributed by atoms with Crippen LogP contribution in [0.3, 0.4) is 0 Å². The van der Waals surface area contributed by atoms with Crippen LogP contribution in [0.25, 0.3) is 0 Å². The molecule has 1 aliphatic heterocycles. The average molecular weight is 312 g/mol. The fourth-order valence-electron chi connectivity index (χ4n) is 2.97. The maximum absolute atomic E-state index is 12.1. The van der Waals surface area contributed by atoms with Crippen molar-refractivity contribution in [3.05, 3.63) is 53.9 Å². The van der Waals surface area contributed by atoms with Gasteiger partial charge in [0.1, 0.15) is 0 Å². The molecule has 2 heterocycles. The van der Waals surface area contributed by atoms with Gasteiger partial charge in [0.05, 0.1) is 6.20 Å².